The van der Waals surface area contributed by atoms with Gasteiger partial charge in [0.15, 0.2) is 0 Å². The molecule has 0 bridgehead atoms. The largest absolute Gasteiger partial charge is 0.315 e. The Morgan fingerprint density at radius 1 is 1.53 bits per heavy atom. The molecule has 1 saturated heterocycles. The van der Waals surface area contributed by atoms with Crippen molar-refractivity contribution in [3.8, 4) is 0 Å². The molecule has 7 heteroatoms. The van der Waals surface area contributed by atoms with E-state index in [0.717, 1.165) is 25.1 Å². The van der Waals surface area contributed by atoms with Gasteiger partial charge in [0.05, 0.1) is 5.02 Å². The van der Waals surface area contributed by atoms with Gasteiger partial charge < -0.3 is 5.32 Å². The lowest BCUT2D eigenvalue weighted by atomic mass is 10.3. The highest BCUT2D eigenvalue weighted by molar-refractivity contribution is 7.89. The zero-order valence-corrected chi connectivity index (χ0v) is 12.1. The molecule has 1 heterocycles. The molecular formula is C12H16ClFN2O2S. The first-order valence-corrected chi connectivity index (χ1v) is 7.96. The van der Waals surface area contributed by atoms with E-state index in [0.29, 0.717) is 13.1 Å². The fraction of sp³-hybridized carbons (Fsp3) is 0.500. The standard InChI is InChI=1S/C12H16ClFN2O2S/c1-2-16(10-5-6-15-8-10)19(17,18)12-4-3-9(14)7-11(12)13/h3-4,7,10,15H,2,5-6,8H2,1H3. The third-order valence-corrected chi connectivity index (χ3v) is 5.74. The van der Waals surface area contributed by atoms with Crippen molar-refractivity contribution in [2.24, 2.45) is 0 Å². The van der Waals surface area contributed by atoms with E-state index in [2.05, 4.69) is 5.32 Å². The van der Waals surface area contributed by atoms with Crippen LogP contribution in [0.15, 0.2) is 23.1 Å². The minimum Gasteiger partial charge on any atom is -0.315 e. The van der Waals surface area contributed by atoms with Crippen molar-refractivity contribution in [2.45, 2.75) is 24.3 Å². The van der Waals surface area contributed by atoms with E-state index >= 15 is 0 Å². The third kappa shape index (κ3) is 2.91. The highest BCUT2D eigenvalue weighted by Gasteiger charge is 2.33. The van der Waals surface area contributed by atoms with Gasteiger partial charge in [0.25, 0.3) is 0 Å². The fourth-order valence-corrected chi connectivity index (χ4v) is 4.49. The molecule has 0 saturated carbocycles. The van der Waals surface area contributed by atoms with Crippen LogP contribution in [0.25, 0.3) is 0 Å². The van der Waals surface area contributed by atoms with E-state index in [-0.39, 0.29) is 16.0 Å². The maximum Gasteiger partial charge on any atom is 0.244 e. The molecule has 0 spiro atoms. The van der Waals surface area contributed by atoms with E-state index in [9.17, 15) is 12.8 Å². The van der Waals surface area contributed by atoms with Crippen molar-refractivity contribution in [1.82, 2.24) is 9.62 Å². The molecule has 1 aromatic carbocycles. The highest BCUT2D eigenvalue weighted by atomic mass is 35.5. The van der Waals surface area contributed by atoms with E-state index in [1.165, 1.54) is 10.4 Å². The van der Waals surface area contributed by atoms with Gasteiger partial charge in [-0.2, -0.15) is 4.31 Å². The molecule has 4 nitrogen and oxygen atoms in total. The summed E-state index contributed by atoms with van der Waals surface area (Å²) in [5, 5.41) is 3.06. The van der Waals surface area contributed by atoms with Gasteiger partial charge in [0.1, 0.15) is 10.7 Å². The predicted molar refractivity (Wildman–Crippen MR) is 72.3 cm³/mol. The van der Waals surface area contributed by atoms with E-state index < -0.39 is 15.8 Å². The molecule has 19 heavy (non-hydrogen) atoms. The molecular weight excluding hydrogens is 291 g/mol. The van der Waals surface area contributed by atoms with Crippen LogP contribution < -0.4 is 5.32 Å². The van der Waals surface area contributed by atoms with Gasteiger partial charge >= 0.3 is 0 Å². The minimum atomic E-state index is -3.69. The van der Waals surface area contributed by atoms with Crippen LogP contribution in [0.4, 0.5) is 4.39 Å². The van der Waals surface area contributed by atoms with E-state index in [1.807, 2.05) is 0 Å². The molecule has 1 aromatic rings. The molecule has 1 aliphatic heterocycles. The van der Waals surface area contributed by atoms with Crippen molar-refractivity contribution < 1.29 is 12.8 Å². The zero-order valence-electron chi connectivity index (χ0n) is 10.6. The van der Waals surface area contributed by atoms with Gasteiger partial charge in [-0.05, 0) is 31.2 Å². The predicted octanol–water partition coefficient (Wildman–Crippen LogP) is 1.85. The molecule has 1 aliphatic rings. The lowest BCUT2D eigenvalue weighted by molar-refractivity contribution is 0.349. The van der Waals surface area contributed by atoms with Crippen LogP contribution in [0.3, 0.4) is 0 Å². The minimum absolute atomic E-state index is 0.0377. The second-order valence-corrected chi connectivity index (χ2v) is 6.70. The van der Waals surface area contributed by atoms with Crippen LogP contribution in [0, 0.1) is 5.82 Å². The molecule has 1 N–H and O–H groups in total. The van der Waals surface area contributed by atoms with Crippen molar-refractivity contribution in [2.75, 3.05) is 19.6 Å². The van der Waals surface area contributed by atoms with Crippen molar-refractivity contribution in [3.05, 3.63) is 29.0 Å². The summed E-state index contributed by atoms with van der Waals surface area (Å²) in [6.07, 6.45) is 0.770. The average molecular weight is 307 g/mol. The SMILES string of the molecule is CCN(C1CCNC1)S(=O)(=O)c1ccc(F)cc1Cl. The van der Waals surface area contributed by atoms with E-state index in [1.54, 1.807) is 6.92 Å². The van der Waals surface area contributed by atoms with Crippen molar-refractivity contribution in [1.29, 1.82) is 0 Å². The molecule has 0 aliphatic carbocycles. The summed E-state index contributed by atoms with van der Waals surface area (Å²) in [5.41, 5.74) is 0. The number of nitrogens with zero attached hydrogens (tertiary/aromatic N) is 1. The number of sulfonamides is 1. The van der Waals surface area contributed by atoms with Crippen LogP contribution in [0.2, 0.25) is 5.02 Å². The number of benzene rings is 1. The van der Waals surface area contributed by atoms with Crippen LogP contribution in [-0.4, -0.2) is 38.4 Å². The van der Waals surface area contributed by atoms with Crippen LogP contribution in [0.1, 0.15) is 13.3 Å². The normalized spacial score (nSPS) is 20.1. The molecule has 1 fully saturated rings. The molecule has 106 valence electrons. The lowest BCUT2D eigenvalue weighted by Gasteiger charge is -2.26. The number of hydrogen-bond donors (Lipinski definition) is 1. The van der Waals surface area contributed by atoms with Gasteiger partial charge in [0, 0.05) is 19.1 Å². The van der Waals surface area contributed by atoms with Gasteiger partial charge in [-0.1, -0.05) is 18.5 Å². The Hall–Kier alpha value is -0.690. The van der Waals surface area contributed by atoms with Gasteiger partial charge in [-0.3, -0.25) is 0 Å². The Labute approximate surface area is 117 Å². The third-order valence-electron chi connectivity index (χ3n) is 3.23. The van der Waals surface area contributed by atoms with Crippen LogP contribution in [-0.2, 0) is 10.0 Å². The van der Waals surface area contributed by atoms with Crippen molar-refractivity contribution >= 4 is 21.6 Å². The number of likely N-dealkylation sites (N-methyl/N-ethyl adjacent to an activating group) is 1. The average Bonchev–Trinajstić information content (AvgIpc) is 2.82. The zero-order chi connectivity index (χ0) is 14.0. The Kier molecular flexibility index (Phi) is 4.45. The maximum absolute atomic E-state index is 13.0. The first-order chi connectivity index (χ1) is 8.96. The maximum atomic E-state index is 13.0. The summed E-state index contributed by atoms with van der Waals surface area (Å²) in [5.74, 6) is -0.547. The summed E-state index contributed by atoms with van der Waals surface area (Å²) in [7, 11) is -3.69. The summed E-state index contributed by atoms with van der Waals surface area (Å²) in [6.45, 7) is 3.58. The Morgan fingerprint density at radius 2 is 2.26 bits per heavy atom. The molecule has 0 radical (unpaired) electrons. The lowest BCUT2D eigenvalue weighted by Crippen LogP contribution is -2.41. The fourth-order valence-electron chi connectivity index (χ4n) is 2.32. The Bertz CT molecular complexity index is 559. The summed E-state index contributed by atoms with van der Waals surface area (Å²) in [4.78, 5) is -0.0377. The quantitative estimate of drug-likeness (QED) is 0.923. The summed E-state index contributed by atoms with van der Waals surface area (Å²) < 4.78 is 39.6. The van der Waals surface area contributed by atoms with E-state index in [4.69, 9.17) is 11.6 Å². The topological polar surface area (TPSA) is 49.4 Å². The van der Waals surface area contributed by atoms with Crippen LogP contribution >= 0.6 is 11.6 Å². The first-order valence-electron chi connectivity index (χ1n) is 6.14. The first kappa shape index (κ1) is 14.7. The van der Waals surface area contributed by atoms with Crippen molar-refractivity contribution in [3.63, 3.8) is 0 Å². The molecule has 0 amide bonds. The number of rotatable bonds is 4. The number of hydrogen-bond acceptors (Lipinski definition) is 3. The number of halogens is 2. The van der Waals surface area contributed by atoms with Gasteiger partial charge in [-0.25, -0.2) is 12.8 Å². The smallest absolute Gasteiger partial charge is 0.244 e. The molecule has 1 unspecified atom stereocenters. The second-order valence-electron chi connectivity index (χ2n) is 4.43. The Morgan fingerprint density at radius 3 is 2.79 bits per heavy atom. The Balaban J connectivity index is 2.39. The van der Waals surface area contributed by atoms with Crippen LogP contribution in [0.5, 0.6) is 0 Å². The van der Waals surface area contributed by atoms with Gasteiger partial charge in [-0.15, -0.1) is 0 Å². The van der Waals surface area contributed by atoms with Gasteiger partial charge in [0.2, 0.25) is 10.0 Å². The second kappa shape index (κ2) is 5.75. The molecule has 0 aromatic heterocycles. The summed E-state index contributed by atoms with van der Waals surface area (Å²) >= 11 is 5.86. The number of nitrogens with one attached hydrogen (secondary N) is 1. The molecule has 1 atom stereocenters. The molecule has 2 rings (SSSR count). The monoisotopic (exact) mass is 306 g/mol. The highest BCUT2D eigenvalue weighted by Crippen LogP contribution is 2.27. The summed E-state index contributed by atoms with van der Waals surface area (Å²) in [6, 6.07) is 3.28.